The number of rotatable bonds is 4. The third-order valence-corrected chi connectivity index (χ3v) is 4.89. The molecule has 1 fully saturated rings. The first-order valence-electron chi connectivity index (χ1n) is 7.17. The van der Waals surface area contributed by atoms with Crippen molar-refractivity contribution in [3.05, 3.63) is 30.6 Å². The topological polar surface area (TPSA) is 122 Å². The van der Waals surface area contributed by atoms with Crippen LogP contribution < -0.4 is 10.2 Å². The lowest BCUT2D eigenvalue weighted by Crippen LogP contribution is -2.48. The van der Waals surface area contributed by atoms with Gasteiger partial charge in [-0.1, -0.05) is 0 Å². The number of nitrogens with zero attached hydrogens (tertiary/aromatic N) is 5. The summed E-state index contributed by atoms with van der Waals surface area (Å²) in [5.74, 6) is 0.0822. The van der Waals surface area contributed by atoms with E-state index in [1.807, 2.05) is 4.90 Å². The minimum atomic E-state index is -3.15. The third kappa shape index (κ3) is 3.68. The molecule has 0 spiro atoms. The number of sulfonamides is 1. The summed E-state index contributed by atoms with van der Waals surface area (Å²) in [7, 11) is -3.15. The maximum absolute atomic E-state index is 11.8. The van der Waals surface area contributed by atoms with Gasteiger partial charge in [0.1, 0.15) is 5.82 Å². The van der Waals surface area contributed by atoms with Crippen LogP contribution in [0.5, 0.6) is 0 Å². The Morgan fingerprint density at radius 3 is 2.54 bits per heavy atom. The Labute approximate surface area is 138 Å². The van der Waals surface area contributed by atoms with Gasteiger partial charge in [0.05, 0.1) is 18.1 Å². The Morgan fingerprint density at radius 1 is 1.25 bits per heavy atom. The smallest absolute Gasteiger partial charge is 0.313 e. The van der Waals surface area contributed by atoms with Crippen LogP contribution in [0.25, 0.3) is 0 Å². The van der Waals surface area contributed by atoms with Crippen LogP contribution in [0.3, 0.4) is 0 Å². The highest BCUT2D eigenvalue weighted by atomic mass is 32.2. The van der Waals surface area contributed by atoms with Crippen molar-refractivity contribution in [2.24, 2.45) is 0 Å². The predicted molar refractivity (Wildman–Crippen MR) is 85.1 cm³/mol. The molecule has 1 amide bonds. The van der Waals surface area contributed by atoms with Gasteiger partial charge in [-0.05, 0) is 12.1 Å². The molecule has 3 rings (SSSR count). The molecule has 1 aliphatic rings. The van der Waals surface area contributed by atoms with Crippen LogP contribution in [0.1, 0.15) is 10.7 Å². The molecule has 0 saturated carbocycles. The highest BCUT2D eigenvalue weighted by Crippen LogP contribution is 2.17. The van der Waals surface area contributed by atoms with E-state index in [4.69, 9.17) is 4.42 Å². The van der Waals surface area contributed by atoms with Crippen LogP contribution in [-0.4, -0.2) is 66.2 Å². The summed E-state index contributed by atoms with van der Waals surface area (Å²) in [6.07, 6.45) is 3.81. The Hall–Kier alpha value is -2.53. The molecule has 1 N–H and O–H groups in total. The van der Waals surface area contributed by atoms with Crippen LogP contribution in [0, 0.1) is 0 Å². The van der Waals surface area contributed by atoms with Gasteiger partial charge in [0.15, 0.2) is 0 Å². The molecule has 1 saturated heterocycles. The molecule has 1 aliphatic heterocycles. The lowest BCUT2D eigenvalue weighted by atomic mass is 10.3. The van der Waals surface area contributed by atoms with Crippen LogP contribution >= 0.6 is 0 Å². The molecule has 11 heteroatoms. The van der Waals surface area contributed by atoms with Gasteiger partial charge >= 0.3 is 11.8 Å². The van der Waals surface area contributed by atoms with E-state index in [9.17, 15) is 13.2 Å². The van der Waals surface area contributed by atoms with Crippen molar-refractivity contribution in [1.82, 2.24) is 19.5 Å². The van der Waals surface area contributed by atoms with E-state index in [1.54, 1.807) is 12.1 Å². The van der Waals surface area contributed by atoms with Crippen LogP contribution in [-0.2, 0) is 10.0 Å². The van der Waals surface area contributed by atoms with Crippen molar-refractivity contribution >= 4 is 27.4 Å². The van der Waals surface area contributed by atoms with Gasteiger partial charge in [-0.2, -0.15) is 4.31 Å². The minimum Gasteiger partial charge on any atom is -0.420 e. The molecule has 0 bridgehead atoms. The number of hydrogen-bond donors (Lipinski definition) is 1. The monoisotopic (exact) mass is 352 g/mol. The number of nitrogens with one attached hydrogen (secondary N) is 1. The van der Waals surface area contributed by atoms with E-state index >= 15 is 0 Å². The summed E-state index contributed by atoms with van der Waals surface area (Å²) in [4.78, 5) is 18.1. The van der Waals surface area contributed by atoms with E-state index < -0.39 is 15.9 Å². The lowest BCUT2D eigenvalue weighted by molar-refractivity contribution is 0.0990. The van der Waals surface area contributed by atoms with E-state index in [2.05, 4.69) is 20.5 Å². The second-order valence-electron chi connectivity index (χ2n) is 5.25. The van der Waals surface area contributed by atoms with Gasteiger partial charge < -0.3 is 14.6 Å². The fraction of sp³-hybridized carbons (Fsp3) is 0.385. The number of aromatic nitrogens is 3. The van der Waals surface area contributed by atoms with Crippen molar-refractivity contribution in [1.29, 1.82) is 0 Å². The molecule has 0 radical (unpaired) electrons. The molecule has 2 aromatic rings. The molecule has 0 aromatic carbocycles. The van der Waals surface area contributed by atoms with Gasteiger partial charge in [-0.15, -0.1) is 10.2 Å². The number of carbonyl (C=O) groups excluding carboxylic acids is 1. The van der Waals surface area contributed by atoms with Gasteiger partial charge in [0.2, 0.25) is 16.4 Å². The minimum absolute atomic E-state index is 0.129. The first-order chi connectivity index (χ1) is 11.4. The maximum atomic E-state index is 11.8. The highest BCUT2D eigenvalue weighted by molar-refractivity contribution is 7.88. The molecular formula is C13H16N6O4S. The molecule has 2 aromatic heterocycles. The Morgan fingerprint density at radius 2 is 2.00 bits per heavy atom. The Bertz CT molecular complexity index is 797. The van der Waals surface area contributed by atoms with Gasteiger partial charge in [0, 0.05) is 26.2 Å². The molecule has 128 valence electrons. The standard InChI is InChI=1S/C13H16N6O4S/c1-24(21,22)19-6-4-18(5-7-19)11-3-2-10(8-14-11)16-12(20)13-17-15-9-23-13/h2-3,8-9H,4-7H2,1H3,(H,16,20). The zero-order valence-corrected chi connectivity index (χ0v) is 13.7. The molecule has 0 aliphatic carbocycles. The van der Waals surface area contributed by atoms with Crippen molar-refractivity contribution in [3.8, 4) is 0 Å². The molecule has 24 heavy (non-hydrogen) atoms. The van der Waals surface area contributed by atoms with Crippen molar-refractivity contribution < 1.29 is 17.6 Å². The second-order valence-corrected chi connectivity index (χ2v) is 7.23. The SMILES string of the molecule is CS(=O)(=O)N1CCN(c2ccc(NC(=O)c3nnco3)cn2)CC1. The fourth-order valence-electron chi connectivity index (χ4n) is 2.35. The number of piperazine rings is 1. The molecular weight excluding hydrogens is 336 g/mol. The van der Waals surface area contributed by atoms with E-state index in [0.717, 1.165) is 12.2 Å². The van der Waals surface area contributed by atoms with E-state index in [1.165, 1.54) is 16.8 Å². The number of pyridine rings is 1. The summed E-state index contributed by atoms with van der Waals surface area (Å²) in [5.41, 5.74) is 0.497. The predicted octanol–water partition coefficient (Wildman–Crippen LogP) is -0.202. The lowest BCUT2D eigenvalue weighted by Gasteiger charge is -2.33. The fourth-order valence-corrected chi connectivity index (χ4v) is 3.18. The normalized spacial score (nSPS) is 16.1. The maximum Gasteiger partial charge on any atom is 0.313 e. The molecule has 0 atom stereocenters. The average Bonchev–Trinajstić information content (AvgIpc) is 3.09. The van der Waals surface area contributed by atoms with E-state index in [0.29, 0.717) is 31.9 Å². The Balaban J connectivity index is 1.60. The largest absolute Gasteiger partial charge is 0.420 e. The van der Waals surface area contributed by atoms with Crippen LogP contribution in [0.15, 0.2) is 29.1 Å². The summed E-state index contributed by atoms with van der Waals surface area (Å²) in [6, 6.07) is 3.47. The summed E-state index contributed by atoms with van der Waals surface area (Å²) in [5, 5.41) is 9.55. The number of hydrogen-bond acceptors (Lipinski definition) is 8. The number of anilines is 2. The molecule has 0 unspecified atom stereocenters. The number of amides is 1. The average molecular weight is 352 g/mol. The number of carbonyl (C=O) groups is 1. The first-order valence-corrected chi connectivity index (χ1v) is 9.02. The molecule has 10 nitrogen and oxygen atoms in total. The zero-order valence-electron chi connectivity index (χ0n) is 12.9. The van der Waals surface area contributed by atoms with Crippen molar-refractivity contribution in [3.63, 3.8) is 0 Å². The van der Waals surface area contributed by atoms with Crippen molar-refractivity contribution in [2.45, 2.75) is 0 Å². The van der Waals surface area contributed by atoms with Gasteiger partial charge in [0.25, 0.3) is 0 Å². The van der Waals surface area contributed by atoms with Gasteiger partial charge in [-0.25, -0.2) is 13.4 Å². The van der Waals surface area contributed by atoms with Crippen molar-refractivity contribution in [2.75, 3.05) is 42.7 Å². The summed E-state index contributed by atoms with van der Waals surface area (Å²) >= 11 is 0. The summed E-state index contributed by atoms with van der Waals surface area (Å²) < 4.78 is 29.3. The Kier molecular flexibility index (Phi) is 4.44. The highest BCUT2D eigenvalue weighted by Gasteiger charge is 2.24. The van der Waals surface area contributed by atoms with Crippen LogP contribution in [0.4, 0.5) is 11.5 Å². The third-order valence-electron chi connectivity index (χ3n) is 3.59. The first kappa shape index (κ1) is 16.3. The zero-order chi connectivity index (χ0) is 17.2. The second kappa shape index (κ2) is 6.53. The quantitative estimate of drug-likeness (QED) is 0.803. The van der Waals surface area contributed by atoms with Gasteiger partial charge in [-0.3, -0.25) is 4.79 Å². The van der Waals surface area contributed by atoms with Crippen LogP contribution in [0.2, 0.25) is 0 Å². The molecule has 3 heterocycles. The van der Waals surface area contributed by atoms with E-state index in [-0.39, 0.29) is 5.89 Å². The summed E-state index contributed by atoms with van der Waals surface area (Å²) in [6.45, 7) is 1.98.